The molecule has 0 spiro atoms. The van der Waals surface area contributed by atoms with E-state index in [1.807, 2.05) is 4.90 Å². The van der Waals surface area contributed by atoms with Gasteiger partial charge in [-0.3, -0.25) is 9.59 Å². The fourth-order valence-electron chi connectivity index (χ4n) is 2.21. The minimum Gasteiger partial charge on any atom is -0.484 e. The molecule has 1 fully saturated rings. The number of ether oxygens (including phenoxy) is 1. The van der Waals surface area contributed by atoms with Gasteiger partial charge in [0.25, 0.3) is 5.91 Å². The number of carbonyl (C=O) groups is 2. The van der Waals surface area contributed by atoms with E-state index in [9.17, 15) is 9.59 Å². The van der Waals surface area contributed by atoms with Crippen LogP contribution in [0.3, 0.4) is 0 Å². The Bertz CT molecular complexity index is 581. The molecule has 0 aromatic heterocycles. The maximum Gasteiger partial charge on any atom is 0.277 e. The second kappa shape index (κ2) is 8.53. The minimum atomic E-state index is -0.382. The van der Waals surface area contributed by atoms with Crippen molar-refractivity contribution in [2.24, 2.45) is 5.10 Å². The van der Waals surface area contributed by atoms with E-state index < -0.39 is 0 Å². The van der Waals surface area contributed by atoms with Crippen molar-refractivity contribution in [3.05, 3.63) is 29.3 Å². The topological polar surface area (TPSA) is 71.0 Å². The molecule has 7 heteroatoms. The molecule has 1 aromatic carbocycles. The van der Waals surface area contributed by atoms with Crippen molar-refractivity contribution in [1.29, 1.82) is 0 Å². The number of rotatable bonds is 6. The summed E-state index contributed by atoms with van der Waals surface area (Å²) < 4.78 is 5.30. The summed E-state index contributed by atoms with van der Waals surface area (Å²) in [4.78, 5) is 25.4. The van der Waals surface area contributed by atoms with Gasteiger partial charge in [-0.05, 0) is 44.0 Å². The third-order valence-corrected chi connectivity index (χ3v) is 3.67. The van der Waals surface area contributed by atoms with Gasteiger partial charge in [-0.15, -0.1) is 0 Å². The van der Waals surface area contributed by atoms with E-state index in [4.69, 9.17) is 16.3 Å². The van der Waals surface area contributed by atoms with Crippen LogP contribution >= 0.6 is 11.6 Å². The summed E-state index contributed by atoms with van der Waals surface area (Å²) in [6.45, 7) is 3.19. The standard InChI is InChI=1S/C16H20ClN3O3/c1-12(10-16(22)20-8-2-3-9-20)18-19-15(21)11-23-14-6-4-13(17)5-7-14/h4-7H,2-3,8-11H2,1H3,(H,19,21)/b18-12+. The zero-order valence-electron chi connectivity index (χ0n) is 13.0. The van der Waals surface area contributed by atoms with Gasteiger partial charge in [-0.25, -0.2) is 5.43 Å². The van der Waals surface area contributed by atoms with Gasteiger partial charge in [0, 0.05) is 23.8 Å². The lowest BCUT2D eigenvalue weighted by Crippen LogP contribution is -2.30. The molecule has 23 heavy (non-hydrogen) atoms. The Morgan fingerprint density at radius 2 is 1.91 bits per heavy atom. The van der Waals surface area contributed by atoms with E-state index >= 15 is 0 Å². The molecule has 1 aliphatic heterocycles. The third kappa shape index (κ3) is 5.90. The van der Waals surface area contributed by atoms with Crippen molar-refractivity contribution < 1.29 is 14.3 Å². The number of hydrogen-bond donors (Lipinski definition) is 1. The van der Waals surface area contributed by atoms with Crippen LogP contribution in [0.2, 0.25) is 5.02 Å². The number of nitrogens with zero attached hydrogens (tertiary/aromatic N) is 2. The number of carbonyl (C=O) groups excluding carboxylic acids is 2. The van der Waals surface area contributed by atoms with Crippen molar-refractivity contribution in [3.63, 3.8) is 0 Å². The Hall–Kier alpha value is -2.08. The van der Waals surface area contributed by atoms with Gasteiger partial charge in [-0.1, -0.05) is 11.6 Å². The first-order valence-electron chi connectivity index (χ1n) is 7.53. The predicted molar refractivity (Wildman–Crippen MR) is 88.6 cm³/mol. The number of nitrogens with one attached hydrogen (secondary N) is 1. The summed E-state index contributed by atoms with van der Waals surface area (Å²) >= 11 is 5.76. The van der Waals surface area contributed by atoms with E-state index in [0.29, 0.717) is 16.5 Å². The highest BCUT2D eigenvalue weighted by molar-refractivity contribution is 6.30. The smallest absolute Gasteiger partial charge is 0.277 e. The summed E-state index contributed by atoms with van der Waals surface area (Å²) in [6.07, 6.45) is 2.33. The van der Waals surface area contributed by atoms with Gasteiger partial charge >= 0.3 is 0 Å². The van der Waals surface area contributed by atoms with Crippen LogP contribution in [0, 0.1) is 0 Å². The lowest BCUT2D eigenvalue weighted by molar-refractivity contribution is -0.129. The maximum absolute atomic E-state index is 11.9. The van der Waals surface area contributed by atoms with E-state index in [-0.39, 0.29) is 24.8 Å². The van der Waals surface area contributed by atoms with Crippen LogP contribution in [0.25, 0.3) is 0 Å². The van der Waals surface area contributed by atoms with E-state index in [2.05, 4.69) is 10.5 Å². The molecule has 0 unspecified atom stereocenters. The third-order valence-electron chi connectivity index (χ3n) is 3.42. The van der Waals surface area contributed by atoms with Crippen molar-refractivity contribution in [2.75, 3.05) is 19.7 Å². The molecule has 0 saturated carbocycles. The maximum atomic E-state index is 11.9. The number of hydrogen-bond acceptors (Lipinski definition) is 4. The highest BCUT2D eigenvalue weighted by atomic mass is 35.5. The summed E-state index contributed by atoms with van der Waals surface area (Å²) in [6, 6.07) is 6.72. The lowest BCUT2D eigenvalue weighted by atomic mass is 10.3. The number of amides is 2. The van der Waals surface area contributed by atoms with Crippen molar-refractivity contribution in [2.45, 2.75) is 26.2 Å². The first-order chi connectivity index (χ1) is 11.0. The van der Waals surface area contributed by atoms with Crippen LogP contribution in [0.15, 0.2) is 29.4 Å². The fraction of sp³-hybridized carbons (Fsp3) is 0.438. The highest BCUT2D eigenvalue weighted by Gasteiger charge is 2.18. The summed E-state index contributed by atoms with van der Waals surface area (Å²) in [7, 11) is 0. The Morgan fingerprint density at radius 3 is 2.57 bits per heavy atom. The summed E-state index contributed by atoms with van der Waals surface area (Å²) in [5.41, 5.74) is 2.96. The second-order valence-corrected chi connectivity index (χ2v) is 5.83. The van der Waals surface area contributed by atoms with Crippen LogP contribution in [-0.2, 0) is 9.59 Å². The SMILES string of the molecule is C/C(CC(=O)N1CCCC1)=N\NC(=O)COc1ccc(Cl)cc1. The van der Waals surface area contributed by atoms with E-state index in [1.165, 1.54) is 0 Å². The van der Waals surface area contributed by atoms with Crippen LogP contribution in [0.4, 0.5) is 0 Å². The molecule has 124 valence electrons. The monoisotopic (exact) mass is 337 g/mol. The Kier molecular flexibility index (Phi) is 6.40. The zero-order valence-corrected chi connectivity index (χ0v) is 13.8. The molecular formula is C16H20ClN3O3. The molecule has 0 aliphatic carbocycles. The second-order valence-electron chi connectivity index (χ2n) is 5.39. The van der Waals surface area contributed by atoms with E-state index in [0.717, 1.165) is 25.9 Å². The molecular weight excluding hydrogens is 318 g/mol. The van der Waals surface area contributed by atoms with Crippen molar-refractivity contribution in [1.82, 2.24) is 10.3 Å². The van der Waals surface area contributed by atoms with Crippen LogP contribution in [0.5, 0.6) is 5.75 Å². The lowest BCUT2D eigenvalue weighted by Gasteiger charge is -2.14. The number of likely N-dealkylation sites (tertiary alicyclic amines) is 1. The molecule has 1 heterocycles. The molecule has 1 saturated heterocycles. The molecule has 2 amide bonds. The number of halogens is 1. The Morgan fingerprint density at radius 1 is 1.26 bits per heavy atom. The average Bonchev–Trinajstić information content (AvgIpc) is 3.07. The van der Waals surface area contributed by atoms with Crippen LogP contribution in [0.1, 0.15) is 26.2 Å². The molecule has 0 radical (unpaired) electrons. The Balaban J connectivity index is 1.71. The van der Waals surface area contributed by atoms with Gasteiger partial charge in [0.15, 0.2) is 6.61 Å². The number of hydrazone groups is 1. The zero-order chi connectivity index (χ0) is 16.7. The van der Waals surface area contributed by atoms with Crippen LogP contribution in [-0.4, -0.2) is 42.1 Å². The van der Waals surface area contributed by atoms with Gasteiger partial charge in [0.05, 0.1) is 6.42 Å². The van der Waals surface area contributed by atoms with Gasteiger partial charge in [-0.2, -0.15) is 5.10 Å². The van der Waals surface area contributed by atoms with E-state index in [1.54, 1.807) is 31.2 Å². The van der Waals surface area contributed by atoms with Crippen molar-refractivity contribution >= 4 is 29.1 Å². The Labute approximate surface area is 140 Å². The van der Waals surface area contributed by atoms with Gasteiger partial charge in [0.1, 0.15) is 5.75 Å². The first-order valence-corrected chi connectivity index (χ1v) is 7.90. The predicted octanol–water partition coefficient (Wildman–Crippen LogP) is 2.22. The molecule has 1 N–H and O–H groups in total. The molecule has 0 bridgehead atoms. The average molecular weight is 338 g/mol. The molecule has 1 aromatic rings. The van der Waals surface area contributed by atoms with Crippen molar-refractivity contribution in [3.8, 4) is 5.75 Å². The molecule has 1 aliphatic rings. The quantitative estimate of drug-likeness (QED) is 0.639. The summed E-state index contributed by atoms with van der Waals surface area (Å²) in [5.74, 6) is 0.220. The van der Waals surface area contributed by atoms with Gasteiger partial charge < -0.3 is 9.64 Å². The molecule has 2 rings (SSSR count). The number of benzene rings is 1. The molecule has 6 nitrogen and oxygen atoms in total. The minimum absolute atomic E-state index is 0.0513. The first kappa shape index (κ1) is 17.3. The molecule has 0 atom stereocenters. The highest BCUT2D eigenvalue weighted by Crippen LogP contribution is 2.15. The van der Waals surface area contributed by atoms with Crippen LogP contribution < -0.4 is 10.2 Å². The largest absolute Gasteiger partial charge is 0.484 e. The summed E-state index contributed by atoms with van der Waals surface area (Å²) in [5, 5.41) is 4.53. The van der Waals surface area contributed by atoms with Gasteiger partial charge in [0.2, 0.25) is 5.91 Å². The fourth-order valence-corrected chi connectivity index (χ4v) is 2.33. The normalized spacial score (nSPS) is 14.7.